The molecule has 1 saturated heterocycles. The van der Waals surface area contributed by atoms with Crippen molar-refractivity contribution in [2.24, 2.45) is 0 Å². The zero-order valence-corrected chi connectivity index (χ0v) is 15.2. The van der Waals surface area contributed by atoms with Gasteiger partial charge in [-0.25, -0.2) is 9.97 Å². The van der Waals surface area contributed by atoms with E-state index in [1.54, 1.807) is 32.7 Å². The first kappa shape index (κ1) is 18.0. The number of amides is 1. The van der Waals surface area contributed by atoms with Gasteiger partial charge in [-0.3, -0.25) is 4.79 Å². The number of anilines is 1. The molecule has 1 fully saturated rings. The number of aryl methyl sites for hydroxylation is 1. The van der Waals surface area contributed by atoms with Crippen molar-refractivity contribution >= 4 is 11.9 Å². The number of carbonyl (C=O) groups is 1. The number of piperazine rings is 1. The number of aromatic nitrogens is 2. The summed E-state index contributed by atoms with van der Waals surface area (Å²) >= 11 is 0. The average Bonchev–Trinajstić information content (AvgIpc) is 2.72. The largest absolute Gasteiger partial charge is 0.497 e. The van der Waals surface area contributed by atoms with E-state index in [0.717, 1.165) is 36.1 Å². The Morgan fingerprint density at radius 1 is 1.00 bits per heavy atom. The van der Waals surface area contributed by atoms with Crippen LogP contribution in [0.3, 0.4) is 0 Å². The van der Waals surface area contributed by atoms with Crippen LogP contribution in [0.4, 0.5) is 5.95 Å². The molecule has 0 unspecified atom stereocenters. The number of rotatable bonds is 6. The van der Waals surface area contributed by atoms with Crippen LogP contribution in [0.1, 0.15) is 12.0 Å². The van der Waals surface area contributed by atoms with Crippen molar-refractivity contribution in [3.05, 3.63) is 42.2 Å². The molecule has 1 aromatic carbocycles. The van der Waals surface area contributed by atoms with Gasteiger partial charge in [-0.1, -0.05) is 0 Å². The van der Waals surface area contributed by atoms with Gasteiger partial charge in [-0.2, -0.15) is 0 Å². The molecule has 1 aromatic heterocycles. The second-order valence-corrected chi connectivity index (χ2v) is 6.14. The van der Waals surface area contributed by atoms with Crippen LogP contribution in [-0.2, 0) is 11.2 Å². The van der Waals surface area contributed by atoms with Crippen LogP contribution in [-0.4, -0.2) is 61.2 Å². The lowest BCUT2D eigenvalue weighted by molar-refractivity contribution is -0.131. The summed E-state index contributed by atoms with van der Waals surface area (Å²) in [6.45, 7) is 2.89. The van der Waals surface area contributed by atoms with E-state index in [0.29, 0.717) is 25.9 Å². The second kappa shape index (κ2) is 8.51. The molecule has 7 nitrogen and oxygen atoms in total. The lowest BCUT2D eigenvalue weighted by Crippen LogP contribution is -2.49. The molecule has 1 amide bonds. The van der Waals surface area contributed by atoms with Crippen LogP contribution in [0.15, 0.2) is 36.7 Å². The van der Waals surface area contributed by atoms with Crippen LogP contribution in [0.5, 0.6) is 11.5 Å². The second-order valence-electron chi connectivity index (χ2n) is 6.14. The van der Waals surface area contributed by atoms with Gasteiger partial charge in [-0.05, 0) is 30.2 Å². The first-order valence-electron chi connectivity index (χ1n) is 8.71. The molecule has 7 heteroatoms. The van der Waals surface area contributed by atoms with Crippen molar-refractivity contribution in [1.29, 1.82) is 0 Å². The van der Waals surface area contributed by atoms with Gasteiger partial charge in [0.05, 0.1) is 14.2 Å². The van der Waals surface area contributed by atoms with Crippen LogP contribution >= 0.6 is 0 Å². The number of methoxy groups -OCH3 is 2. The normalized spacial score (nSPS) is 14.2. The van der Waals surface area contributed by atoms with Gasteiger partial charge >= 0.3 is 0 Å². The van der Waals surface area contributed by atoms with E-state index in [9.17, 15) is 4.79 Å². The van der Waals surface area contributed by atoms with E-state index in [1.807, 2.05) is 23.1 Å². The number of hydrogen-bond donors (Lipinski definition) is 0. The van der Waals surface area contributed by atoms with Crippen LogP contribution in [0, 0.1) is 0 Å². The summed E-state index contributed by atoms with van der Waals surface area (Å²) in [6, 6.07) is 7.52. The van der Waals surface area contributed by atoms with E-state index in [2.05, 4.69) is 14.9 Å². The highest BCUT2D eigenvalue weighted by molar-refractivity contribution is 5.76. The molecule has 138 valence electrons. The summed E-state index contributed by atoms with van der Waals surface area (Å²) in [6.07, 6.45) is 4.61. The summed E-state index contributed by atoms with van der Waals surface area (Å²) in [7, 11) is 3.25. The van der Waals surface area contributed by atoms with Crippen molar-refractivity contribution in [2.75, 3.05) is 45.3 Å². The third-order valence-corrected chi connectivity index (χ3v) is 4.51. The van der Waals surface area contributed by atoms with Crippen LogP contribution in [0.2, 0.25) is 0 Å². The molecule has 1 aliphatic heterocycles. The Bertz CT molecular complexity index is 709. The Hall–Kier alpha value is -2.83. The van der Waals surface area contributed by atoms with Crippen LogP contribution in [0.25, 0.3) is 0 Å². The maximum absolute atomic E-state index is 12.5. The van der Waals surface area contributed by atoms with E-state index in [-0.39, 0.29) is 5.91 Å². The highest BCUT2D eigenvalue weighted by Crippen LogP contribution is 2.23. The topological polar surface area (TPSA) is 67.8 Å². The first-order chi connectivity index (χ1) is 12.7. The van der Waals surface area contributed by atoms with Crippen molar-refractivity contribution < 1.29 is 14.3 Å². The van der Waals surface area contributed by atoms with E-state index in [1.165, 1.54) is 0 Å². The summed E-state index contributed by atoms with van der Waals surface area (Å²) in [5, 5.41) is 0. The number of benzene rings is 1. The predicted molar refractivity (Wildman–Crippen MR) is 98.7 cm³/mol. The molecule has 0 N–H and O–H groups in total. The van der Waals surface area contributed by atoms with E-state index >= 15 is 0 Å². The molecule has 0 atom stereocenters. The number of hydrogen-bond acceptors (Lipinski definition) is 6. The zero-order valence-electron chi connectivity index (χ0n) is 15.2. The average molecular weight is 356 g/mol. The fourth-order valence-corrected chi connectivity index (χ4v) is 3.03. The quantitative estimate of drug-likeness (QED) is 0.786. The number of carbonyl (C=O) groups excluding carboxylic acids is 1. The molecule has 0 radical (unpaired) electrons. The fraction of sp³-hybridized carbons (Fsp3) is 0.421. The van der Waals surface area contributed by atoms with Crippen molar-refractivity contribution in [3.8, 4) is 11.5 Å². The molecule has 0 aliphatic carbocycles. The maximum Gasteiger partial charge on any atom is 0.225 e. The molecule has 3 rings (SSSR count). The Morgan fingerprint density at radius 3 is 2.19 bits per heavy atom. The Morgan fingerprint density at radius 2 is 1.62 bits per heavy atom. The van der Waals surface area contributed by atoms with Gasteiger partial charge < -0.3 is 19.3 Å². The predicted octanol–water partition coefficient (Wildman–Crippen LogP) is 1.78. The van der Waals surface area contributed by atoms with Gasteiger partial charge in [0.15, 0.2) is 0 Å². The van der Waals surface area contributed by atoms with Crippen molar-refractivity contribution in [2.45, 2.75) is 12.8 Å². The van der Waals surface area contributed by atoms with Gasteiger partial charge in [0.2, 0.25) is 11.9 Å². The van der Waals surface area contributed by atoms with Crippen molar-refractivity contribution in [1.82, 2.24) is 14.9 Å². The molecule has 0 spiro atoms. The smallest absolute Gasteiger partial charge is 0.225 e. The number of nitrogens with zero attached hydrogens (tertiary/aromatic N) is 4. The number of ether oxygens (including phenoxy) is 2. The summed E-state index contributed by atoms with van der Waals surface area (Å²) in [5.74, 6) is 2.37. The molecule has 0 saturated carbocycles. The van der Waals surface area contributed by atoms with Gasteiger partial charge in [0.1, 0.15) is 11.5 Å². The van der Waals surface area contributed by atoms with E-state index in [4.69, 9.17) is 9.47 Å². The first-order valence-corrected chi connectivity index (χ1v) is 8.71. The third kappa shape index (κ3) is 4.41. The van der Waals surface area contributed by atoms with Gasteiger partial charge in [0.25, 0.3) is 0 Å². The summed E-state index contributed by atoms with van der Waals surface area (Å²) in [5.41, 5.74) is 1.03. The highest BCUT2D eigenvalue weighted by atomic mass is 16.5. The molecule has 26 heavy (non-hydrogen) atoms. The Labute approximate surface area is 153 Å². The minimum atomic E-state index is 0.167. The maximum atomic E-state index is 12.5. The standard InChI is InChI=1S/C19H24N4O3/c1-25-16-12-15(13-17(14-16)26-2)4-5-18(24)22-8-10-23(11-9-22)19-20-6-3-7-21-19/h3,6-7,12-14H,4-5,8-11H2,1-2H3. The molecule has 2 aromatic rings. The minimum absolute atomic E-state index is 0.167. The molecule has 0 bridgehead atoms. The SMILES string of the molecule is COc1cc(CCC(=O)N2CCN(c3ncccn3)CC2)cc(OC)c1. The molecule has 1 aliphatic rings. The fourth-order valence-electron chi connectivity index (χ4n) is 3.03. The lowest BCUT2D eigenvalue weighted by atomic mass is 10.1. The van der Waals surface area contributed by atoms with Crippen LogP contribution < -0.4 is 14.4 Å². The summed E-state index contributed by atoms with van der Waals surface area (Å²) < 4.78 is 10.6. The Kier molecular flexibility index (Phi) is 5.88. The molecule has 2 heterocycles. The zero-order chi connectivity index (χ0) is 18.4. The van der Waals surface area contributed by atoms with Gasteiger partial charge in [-0.15, -0.1) is 0 Å². The van der Waals surface area contributed by atoms with Gasteiger partial charge in [0, 0.05) is 51.1 Å². The Balaban J connectivity index is 1.52. The van der Waals surface area contributed by atoms with E-state index < -0.39 is 0 Å². The third-order valence-electron chi connectivity index (χ3n) is 4.51. The molecular weight excluding hydrogens is 332 g/mol. The summed E-state index contributed by atoms with van der Waals surface area (Å²) in [4.78, 5) is 25.1. The minimum Gasteiger partial charge on any atom is -0.497 e. The lowest BCUT2D eigenvalue weighted by Gasteiger charge is -2.34. The monoisotopic (exact) mass is 356 g/mol. The highest BCUT2D eigenvalue weighted by Gasteiger charge is 2.22. The van der Waals surface area contributed by atoms with Crippen molar-refractivity contribution in [3.63, 3.8) is 0 Å². The molecular formula is C19H24N4O3.